The number of esters is 2. The lowest BCUT2D eigenvalue weighted by molar-refractivity contribution is 0.0591. The smallest absolute Gasteiger partial charge is 0.337 e. The number of imide groups is 2. The van der Waals surface area contributed by atoms with Crippen molar-refractivity contribution in [1.29, 1.82) is 0 Å². The zero-order chi connectivity index (χ0) is 24.6. The molecule has 4 amide bonds. The number of carbonyl (C=O) groups excluding carboxylic acids is 6. The topological polar surface area (TPSA) is 127 Å². The average Bonchev–Trinajstić information content (AvgIpc) is 3.24. The van der Waals surface area contributed by atoms with E-state index >= 15 is 0 Å². The van der Waals surface area contributed by atoms with Crippen LogP contribution in [0.25, 0.3) is 0 Å². The van der Waals surface area contributed by atoms with Gasteiger partial charge in [-0.25, -0.2) is 9.59 Å². The molecule has 0 saturated heterocycles. The van der Waals surface area contributed by atoms with E-state index in [0.717, 1.165) is 9.80 Å². The third-order valence-corrected chi connectivity index (χ3v) is 5.80. The highest BCUT2D eigenvalue weighted by Gasteiger charge is 2.37. The number of amides is 4. The lowest BCUT2D eigenvalue weighted by atomic mass is 10.1. The minimum absolute atomic E-state index is 0.0928. The van der Waals surface area contributed by atoms with E-state index in [2.05, 4.69) is 9.47 Å². The molecule has 2 heterocycles. The molecule has 0 N–H and O–H groups in total. The van der Waals surface area contributed by atoms with E-state index in [9.17, 15) is 28.8 Å². The first kappa shape index (κ1) is 22.8. The summed E-state index contributed by atoms with van der Waals surface area (Å²) in [6.07, 6.45) is 0.715. The first-order valence-electron chi connectivity index (χ1n) is 10.5. The minimum Gasteiger partial charge on any atom is -0.465 e. The van der Waals surface area contributed by atoms with E-state index in [-0.39, 0.29) is 46.5 Å². The monoisotopic (exact) mass is 464 g/mol. The molecule has 10 nitrogen and oxygen atoms in total. The van der Waals surface area contributed by atoms with E-state index < -0.39 is 35.6 Å². The number of fused-ring (bicyclic) bond motifs is 2. The summed E-state index contributed by atoms with van der Waals surface area (Å²) in [7, 11) is 2.45. The van der Waals surface area contributed by atoms with Crippen molar-refractivity contribution in [2.75, 3.05) is 27.3 Å². The van der Waals surface area contributed by atoms with Crippen LogP contribution in [-0.2, 0) is 9.47 Å². The number of hydrogen-bond donors (Lipinski definition) is 0. The summed E-state index contributed by atoms with van der Waals surface area (Å²) >= 11 is 0. The Morgan fingerprint density at radius 3 is 1.32 bits per heavy atom. The van der Waals surface area contributed by atoms with E-state index in [1.807, 2.05) is 0 Å². The largest absolute Gasteiger partial charge is 0.465 e. The van der Waals surface area contributed by atoms with Crippen LogP contribution in [0.15, 0.2) is 36.4 Å². The molecule has 4 rings (SSSR count). The van der Waals surface area contributed by atoms with Gasteiger partial charge in [0, 0.05) is 13.1 Å². The molecule has 0 aliphatic carbocycles. The molecule has 2 aromatic rings. The fourth-order valence-corrected chi connectivity index (χ4v) is 4.02. The van der Waals surface area contributed by atoms with Gasteiger partial charge in [-0.2, -0.15) is 0 Å². The summed E-state index contributed by atoms with van der Waals surface area (Å²) in [5, 5.41) is 0. The lowest BCUT2D eigenvalue weighted by Crippen LogP contribution is -2.33. The molecular weight excluding hydrogens is 444 g/mol. The predicted octanol–water partition coefficient (Wildman–Crippen LogP) is 1.93. The molecular formula is C24H20N2O8. The van der Waals surface area contributed by atoms with Crippen molar-refractivity contribution in [3.63, 3.8) is 0 Å². The van der Waals surface area contributed by atoms with E-state index in [1.54, 1.807) is 0 Å². The second kappa shape index (κ2) is 8.89. The number of hydrogen-bond acceptors (Lipinski definition) is 8. The summed E-state index contributed by atoms with van der Waals surface area (Å²) in [4.78, 5) is 76.1. The van der Waals surface area contributed by atoms with E-state index in [0.29, 0.717) is 12.8 Å². The van der Waals surface area contributed by atoms with Crippen LogP contribution < -0.4 is 0 Å². The van der Waals surface area contributed by atoms with Gasteiger partial charge in [-0.05, 0) is 49.2 Å². The van der Waals surface area contributed by atoms with Crippen LogP contribution in [-0.4, -0.2) is 72.7 Å². The van der Waals surface area contributed by atoms with Crippen LogP contribution >= 0.6 is 0 Å². The lowest BCUT2D eigenvalue weighted by Gasteiger charge is -2.16. The first-order valence-corrected chi connectivity index (χ1v) is 10.5. The number of nitrogens with zero attached hydrogens (tertiary/aromatic N) is 2. The Kier molecular flexibility index (Phi) is 5.97. The summed E-state index contributed by atoms with van der Waals surface area (Å²) < 4.78 is 9.29. The maximum atomic E-state index is 12.7. The van der Waals surface area contributed by atoms with Crippen LogP contribution in [0.2, 0.25) is 0 Å². The summed E-state index contributed by atoms with van der Waals surface area (Å²) in [5.74, 6) is -3.18. The second-order valence-electron chi connectivity index (χ2n) is 7.73. The van der Waals surface area contributed by atoms with E-state index in [1.165, 1.54) is 50.6 Å². The quantitative estimate of drug-likeness (QED) is 0.346. The fraction of sp³-hybridized carbons (Fsp3) is 0.250. The van der Waals surface area contributed by atoms with Crippen molar-refractivity contribution in [3.05, 3.63) is 69.8 Å². The van der Waals surface area contributed by atoms with Crippen LogP contribution in [0.3, 0.4) is 0 Å². The van der Waals surface area contributed by atoms with Crippen LogP contribution in [0.5, 0.6) is 0 Å². The predicted molar refractivity (Wildman–Crippen MR) is 116 cm³/mol. The van der Waals surface area contributed by atoms with Gasteiger partial charge in [0.15, 0.2) is 0 Å². The van der Waals surface area contributed by atoms with Crippen LogP contribution in [0.1, 0.15) is 75.0 Å². The van der Waals surface area contributed by atoms with Crippen molar-refractivity contribution in [3.8, 4) is 0 Å². The number of methoxy groups -OCH3 is 2. The van der Waals surface area contributed by atoms with Crippen molar-refractivity contribution in [1.82, 2.24) is 9.80 Å². The van der Waals surface area contributed by atoms with E-state index in [4.69, 9.17) is 0 Å². The molecule has 2 aliphatic heterocycles. The Morgan fingerprint density at radius 2 is 0.971 bits per heavy atom. The van der Waals surface area contributed by atoms with Crippen molar-refractivity contribution in [2.24, 2.45) is 0 Å². The maximum absolute atomic E-state index is 12.7. The van der Waals surface area contributed by atoms with Gasteiger partial charge in [-0.1, -0.05) is 0 Å². The van der Waals surface area contributed by atoms with Gasteiger partial charge < -0.3 is 9.47 Å². The molecule has 0 bridgehead atoms. The van der Waals surface area contributed by atoms with Gasteiger partial charge in [-0.15, -0.1) is 0 Å². The molecule has 0 spiro atoms. The molecule has 0 unspecified atom stereocenters. The summed E-state index contributed by atoms with van der Waals surface area (Å²) in [6, 6.07) is 8.36. The highest BCUT2D eigenvalue weighted by Crippen LogP contribution is 2.26. The number of unbranched alkanes of at least 4 members (excludes halogenated alkanes) is 1. The highest BCUT2D eigenvalue weighted by molar-refractivity contribution is 6.22. The summed E-state index contributed by atoms with van der Waals surface area (Å²) in [6.45, 7) is 0.186. The molecule has 10 heteroatoms. The molecule has 0 aromatic heterocycles. The number of benzene rings is 2. The number of rotatable bonds is 7. The maximum Gasteiger partial charge on any atom is 0.337 e. The first-order chi connectivity index (χ1) is 16.3. The average molecular weight is 464 g/mol. The minimum atomic E-state index is -0.610. The van der Waals surface area contributed by atoms with Gasteiger partial charge >= 0.3 is 11.9 Å². The molecule has 174 valence electrons. The third-order valence-electron chi connectivity index (χ3n) is 5.80. The molecule has 0 fully saturated rings. The van der Waals surface area contributed by atoms with Gasteiger partial charge in [0.05, 0.1) is 47.6 Å². The number of carbonyl (C=O) groups is 6. The van der Waals surface area contributed by atoms with Gasteiger partial charge in [0.25, 0.3) is 23.6 Å². The van der Waals surface area contributed by atoms with Crippen molar-refractivity contribution < 1.29 is 38.2 Å². The second-order valence-corrected chi connectivity index (χ2v) is 7.73. The van der Waals surface area contributed by atoms with Crippen LogP contribution in [0, 0.1) is 0 Å². The molecule has 2 aliphatic rings. The highest BCUT2D eigenvalue weighted by atomic mass is 16.5. The third kappa shape index (κ3) is 3.72. The summed E-state index contributed by atoms with van der Waals surface area (Å²) in [5.41, 5.74) is 1.03. The Labute approximate surface area is 194 Å². The normalized spacial score (nSPS) is 14.4. The SMILES string of the molecule is COC(=O)c1ccc2c(c1)C(=O)N(CCCCN1C(=O)c3ccc(C(=O)OC)cc3C1=O)C2=O. The Morgan fingerprint density at radius 1 is 0.618 bits per heavy atom. The zero-order valence-corrected chi connectivity index (χ0v) is 18.5. The van der Waals surface area contributed by atoms with Gasteiger partial charge in [-0.3, -0.25) is 29.0 Å². The molecule has 2 aromatic carbocycles. The Balaban J connectivity index is 1.37. The molecule has 34 heavy (non-hydrogen) atoms. The standard InChI is InChI=1S/C24H20N2O8/c1-33-23(31)13-5-7-15-17(11-13)21(29)25(19(15)27)9-3-4-10-26-20(28)16-8-6-14(24(32)34-2)12-18(16)22(26)30/h5-8,11-12H,3-4,9-10H2,1-2H3. The number of ether oxygens (including phenoxy) is 2. The Bertz CT molecular complexity index is 1170. The Hall–Kier alpha value is -4.34. The zero-order valence-electron chi connectivity index (χ0n) is 18.5. The fourth-order valence-electron chi connectivity index (χ4n) is 4.02. The van der Waals surface area contributed by atoms with Crippen molar-refractivity contribution in [2.45, 2.75) is 12.8 Å². The molecule has 0 radical (unpaired) electrons. The molecule has 0 saturated carbocycles. The molecule has 0 atom stereocenters. The van der Waals surface area contributed by atoms with Crippen LogP contribution in [0.4, 0.5) is 0 Å². The van der Waals surface area contributed by atoms with Gasteiger partial charge in [0.1, 0.15) is 0 Å². The van der Waals surface area contributed by atoms with Gasteiger partial charge in [0.2, 0.25) is 0 Å². The van der Waals surface area contributed by atoms with Crippen molar-refractivity contribution >= 4 is 35.6 Å².